The molecule has 0 spiro atoms. The van der Waals surface area contributed by atoms with Crippen molar-refractivity contribution in [1.82, 2.24) is 9.97 Å². The number of ether oxygens (including phenoxy) is 1. The van der Waals surface area contributed by atoms with Gasteiger partial charge in [0.15, 0.2) is 5.84 Å². The van der Waals surface area contributed by atoms with Crippen LogP contribution in [-0.2, 0) is 6.42 Å². The van der Waals surface area contributed by atoms with Crippen LogP contribution in [0.25, 0.3) is 0 Å². The fraction of sp³-hybridized carbons (Fsp3) is 0.182. The number of oxime groups is 1. The molecule has 0 radical (unpaired) electrons. The first-order valence-electron chi connectivity index (χ1n) is 5.24. The third-order valence-electron chi connectivity index (χ3n) is 2.18. The number of nitrogens with two attached hydrogens (primary N) is 1. The summed E-state index contributed by atoms with van der Waals surface area (Å²) >= 11 is 1.69. The topological polar surface area (TPSA) is 93.6 Å². The second-order valence-corrected chi connectivity index (χ2v) is 4.44. The fourth-order valence-electron chi connectivity index (χ4n) is 1.29. The van der Waals surface area contributed by atoms with Crippen molar-refractivity contribution in [3.8, 4) is 5.88 Å². The summed E-state index contributed by atoms with van der Waals surface area (Å²) < 4.78 is 5.44. The lowest BCUT2D eigenvalue weighted by molar-refractivity contribution is 0.308. The van der Waals surface area contributed by atoms with E-state index in [0.29, 0.717) is 18.2 Å². The van der Waals surface area contributed by atoms with Crippen molar-refractivity contribution < 1.29 is 9.94 Å². The molecule has 0 amide bonds. The first kappa shape index (κ1) is 12.3. The lowest BCUT2D eigenvalue weighted by Gasteiger charge is -2.04. The Labute approximate surface area is 108 Å². The second kappa shape index (κ2) is 5.97. The lowest BCUT2D eigenvalue weighted by atomic mass is 10.4. The van der Waals surface area contributed by atoms with Crippen LogP contribution in [0, 0.1) is 0 Å². The summed E-state index contributed by atoms with van der Waals surface area (Å²) in [6.45, 7) is 0.540. The minimum Gasteiger partial charge on any atom is -0.476 e. The molecule has 0 bridgehead atoms. The number of hydrogen-bond acceptors (Lipinski definition) is 6. The molecule has 2 heterocycles. The second-order valence-electron chi connectivity index (χ2n) is 3.40. The van der Waals surface area contributed by atoms with Crippen LogP contribution in [0.15, 0.2) is 35.1 Å². The minimum atomic E-state index is -0.0763. The third-order valence-corrected chi connectivity index (χ3v) is 3.11. The smallest absolute Gasteiger partial charge is 0.232 e. The maximum atomic E-state index is 8.47. The normalized spacial score (nSPS) is 11.4. The number of hydrogen-bond donors (Lipinski definition) is 2. The molecule has 0 saturated carbocycles. The van der Waals surface area contributed by atoms with Crippen molar-refractivity contribution in [2.75, 3.05) is 6.61 Å². The van der Waals surface area contributed by atoms with Gasteiger partial charge in [0.2, 0.25) is 5.88 Å². The highest BCUT2D eigenvalue weighted by Gasteiger charge is 2.03. The van der Waals surface area contributed by atoms with Crippen LogP contribution in [0.2, 0.25) is 0 Å². The summed E-state index contributed by atoms with van der Waals surface area (Å²) in [6.07, 6.45) is 3.68. The van der Waals surface area contributed by atoms with Gasteiger partial charge in [0.05, 0.1) is 19.0 Å². The van der Waals surface area contributed by atoms with Crippen molar-refractivity contribution in [1.29, 1.82) is 0 Å². The van der Waals surface area contributed by atoms with E-state index >= 15 is 0 Å². The summed E-state index contributed by atoms with van der Waals surface area (Å²) in [7, 11) is 0. The van der Waals surface area contributed by atoms with E-state index in [2.05, 4.69) is 21.2 Å². The molecule has 7 heteroatoms. The van der Waals surface area contributed by atoms with Gasteiger partial charge in [-0.3, -0.25) is 0 Å². The maximum absolute atomic E-state index is 8.47. The van der Waals surface area contributed by atoms with Gasteiger partial charge in [-0.05, 0) is 11.4 Å². The minimum absolute atomic E-state index is 0.0763. The molecule has 94 valence electrons. The Balaban J connectivity index is 1.87. The summed E-state index contributed by atoms with van der Waals surface area (Å²) in [6, 6.07) is 4.06. The average Bonchev–Trinajstić information content (AvgIpc) is 2.92. The van der Waals surface area contributed by atoms with Crippen molar-refractivity contribution in [3.05, 3.63) is 40.5 Å². The quantitative estimate of drug-likeness (QED) is 0.367. The number of amidine groups is 1. The van der Waals surface area contributed by atoms with E-state index in [0.717, 1.165) is 6.42 Å². The molecule has 18 heavy (non-hydrogen) atoms. The van der Waals surface area contributed by atoms with Crippen LogP contribution >= 0.6 is 11.3 Å². The van der Waals surface area contributed by atoms with E-state index < -0.39 is 0 Å². The zero-order chi connectivity index (χ0) is 12.8. The zero-order valence-corrected chi connectivity index (χ0v) is 10.3. The maximum Gasteiger partial charge on any atom is 0.232 e. The third kappa shape index (κ3) is 3.17. The number of thiophene rings is 1. The molecular formula is C11H12N4O2S. The number of rotatable bonds is 5. The monoisotopic (exact) mass is 264 g/mol. The van der Waals surface area contributed by atoms with Crippen LogP contribution in [0.1, 0.15) is 10.6 Å². The molecule has 0 unspecified atom stereocenters. The van der Waals surface area contributed by atoms with Crippen LogP contribution < -0.4 is 10.5 Å². The molecule has 0 aromatic carbocycles. The predicted octanol–water partition coefficient (Wildman–Crippen LogP) is 1.25. The van der Waals surface area contributed by atoms with E-state index in [1.165, 1.54) is 17.3 Å². The van der Waals surface area contributed by atoms with Crippen molar-refractivity contribution in [3.63, 3.8) is 0 Å². The van der Waals surface area contributed by atoms with E-state index in [9.17, 15) is 0 Å². The fourth-order valence-corrected chi connectivity index (χ4v) is 1.98. The van der Waals surface area contributed by atoms with Gasteiger partial charge < -0.3 is 15.7 Å². The molecule has 0 saturated heterocycles. The summed E-state index contributed by atoms with van der Waals surface area (Å²) in [4.78, 5) is 9.24. The zero-order valence-electron chi connectivity index (χ0n) is 9.48. The van der Waals surface area contributed by atoms with E-state index in [1.54, 1.807) is 11.3 Å². The van der Waals surface area contributed by atoms with Gasteiger partial charge in [0.25, 0.3) is 0 Å². The first-order chi connectivity index (χ1) is 8.79. The first-order valence-corrected chi connectivity index (χ1v) is 6.12. The van der Waals surface area contributed by atoms with Gasteiger partial charge in [-0.1, -0.05) is 11.2 Å². The van der Waals surface area contributed by atoms with Crippen LogP contribution in [0.4, 0.5) is 0 Å². The standard InChI is InChI=1S/C11H12N4O2S/c12-11(15-16)9-6-14-10(7-13-9)17-4-3-8-2-1-5-18-8/h1-2,5-7,16H,3-4H2,(H2,12,15). The largest absolute Gasteiger partial charge is 0.476 e. The van der Waals surface area contributed by atoms with Crippen molar-refractivity contribution in [2.24, 2.45) is 10.9 Å². The molecule has 0 fully saturated rings. The number of nitrogens with zero attached hydrogens (tertiary/aromatic N) is 3. The Hall–Kier alpha value is -2.15. The Morgan fingerprint density at radius 3 is 2.94 bits per heavy atom. The average molecular weight is 264 g/mol. The molecule has 3 N–H and O–H groups in total. The molecule has 2 rings (SSSR count). The Bertz CT molecular complexity index is 510. The van der Waals surface area contributed by atoms with Gasteiger partial charge in [0.1, 0.15) is 5.69 Å². The van der Waals surface area contributed by atoms with E-state index in [-0.39, 0.29) is 5.84 Å². The molecular weight excluding hydrogens is 252 g/mol. The van der Waals surface area contributed by atoms with E-state index in [1.807, 2.05) is 11.4 Å². The highest BCUT2D eigenvalue weighted by molar-refractivity contribution is 7.09. The summed E-state index contributed by atoms with van der Waals surface area (Å²) in [5.41, 5.74) is 5.68. The van der Waals surface area contributed by atoms with Gasteiger partial charge in [-0.2, -0.15) is 0 Å². The number of aromatic nitrogens is 2. The summed E-state index contributed by atoms with van der Waals surface area (Å²) in [5, 5.41) is 13.3. The summed E-state index contributed by atoms with van der Waals surface area (Å²) in [5.74, 6) is 0.341. The highest BCUT2D eigenvalue weighted by atomic mass is 32.1. The van der Waals surface area contributed by atoms with Crippen LogP contribution in [0.5, 0.6) is 5.88 Å². The predicted molar refractivity (Wildman–Crippen MR) is 68.1 cm³/mol. The van der Waals surface area contributed by atoms with E-state index in [4.69, 9.17) is 15.7 Å². The Morgan fingerprint density at radius 2 is 2.33 bits per heavy atom. The SMILES string of the molecule is NC(=NO)c1cnc(OCCc2cccs2)cn1. The molecule has 0 aliphatic heterocycles. The van der Waals surface area contributed by atoms with Gasteiger partial charge in [-0.25, -0.2) is 9.97 Å². The van der Waals surface area contributed by atoms with Crippen molar-refractivity contribution >= 4 is 17.2 Å². The van der Waals surface area contributed by atoms with Crippen LogP contribution in [0.3, 0.4) is 0 Å². The van der Waals surface area contributed by atoms with Gasteiger partial charge in [-0.15, -0.1) is 11.3 Å². The Kier molecular flexibility index (Phi) is 4.08. The van der Waals surface area contributed by atoms with Crippen LogP contribution in [-0.4, -0.2) is 27.6 Å². The molecule has 2 aromatic heterocycles. The highest BCUT2D eigenvalue weighted by Crippen LogP contribution is 2.10. The molecule has 0 atom stereocenters. The molecule has 2 aromatic rings. The molecule has 0 aliphatic carbocycles. The van der Waals surface area contributed by atoms with Gasteiger partial charge in [0, 0.05) is 11.3 Å². The van der Waals surface area contributed by atoms with Gasteiger partial charge >= 0.3 is 0 Å². The lowest BCUT2D eigenvalue weighted by Crippen LogP contribution is -2.15. The Morgan fingerprint density at radius 1 is 1.44 bits per heavy atom. The van der Waals surface area contributed by atoms with Crippen molar-refractivity contribution in [2.45, 2.75) is 6.42 Å². The molecule has 6 nitrogen and oxygen atoms in total. The molecule has 0 aliphatic rings.